The molecule has 0 radical (unpaired) electrons. The van der Waals surface area contributed by atoms with Gasteiger partial charge in [-0.1, -0.05) is 23.7 Å². The van der Waals surface area contributed by atoms with Gasteiger partial charge in [-0.15, -0.1) is 0 Å². The second-order valence-electron chi connectivity index (χ2n) is 10.8. The Morgan fingerprint density at radius 3 is 2.78 bits per heavy atom. The van der Waals surface area contributed by atoms with Crippen LogP contribution in [0.4, 0.5) is 4.39 Å². The number of aryl methyl sites for hydroxylation is 1. The SMILES string of the molecule is C[C@H](N)CCCc1cc(Cl)c(F)c(-c2cc3cn(-c4ccc([C@@H]5COC[C@@H](CCC(=N)N)N5)cc4)c(=O)nc3[nH]2)c1. The zero-order valence-electron chi connectivity index (χ0n) is 22.9. The van der Waals surface area contributed by atoms with Crippen LogP contribution in [-0.2, 0) is 11.2 Å². The van der Waals surface area contributed by atoms with Crippen molar-refractivity contribution in [2.75, 3.05) is 13.2 Å². The fourth-order valence-corrected chi connectivity index (χ4v) is 5.45. The Hall–Kier alpha value is -3.57. The van der Waals surface area contributed by atoms with Gasteiger partial charge in [0.25, 0.3) is 0 Å². The first-order valence-corrected chi connectivity index (χ1v) is 14.2. The van der Waals surface area contributed by atoms with Crippen LogP contribution < -0.4 is 22.5 Å². The van der Waals surface area contributed by atoms with Crippen molar-refractivity contribution in [1.29, 1.82) is 5.41 Å². The van der Waals surface area contributed by atoms with Gasteiger partial charge in [-0.2, -0.15) is 4.98 Å². The first-order chi connectivity index (χ1) is 19.7. The number of aromatic nitrogens is 3. The molecule has 0 aliphatic carbocycles. The Balaban J connectivity index is 1.37. The topological polar surface area (TPSA) is 148 Å². The molecule has 0 unspecified atom stereocenters. The summed E-state index contributed by atoms with van der Waals surface area (Å²) < 4.78 is 22.3. The van der Waals surface area contributed by atoms with Crippen molar-refractivity contribution in [3.8, 4) is 16.9 Å². The van der Waals surface area contributed by atoms with E-state index in [4.69, 9.17) is 33.2 Å². The Morgan fingerprint density at radius 2 is 2.05 bits per heavy atom. The summed E-state index contributed by atoms with van der Waals surface area (Å²) in [7, 11) is 0. The third-order valence-electron chi connectivity index (χ3n) is 7.39. The number of H-pyrrole nitrogens is 1. The number of fused-ring (bicyclic) bond motifs is 1. The molecule has 0 amide bonds. The Kier molecular flexibility index (Phi) is 8.84. The van der Waals surface area contributed by atoms with Gasteiger partial charge in [0.05, 0.1) is 41.5 Å². The lowest BCUT2D eigenvalue weighted by Gasteiger charge is -2.31. The number of nitrogens with two attached hydrogens (primary N) is 2. The molecule has 0 saturated carbocycles. The number of amidine groups is 1. The number of aromatic amines is 1. The van der Waals surface area contributed by atoms with Gasteiger partial charge in [0, 0.05) is 35.7 Å². The number of morpholine rings is 1. The van der Waals surface area contributed by atoms with Crippen molar-refractivity contribution in [3.05, 3.63) is 81.1 Å². The van der Waals surface area contributed by atoms with Crippen molar-refractivity contribution in [2.45, 2.75) is 57.2 Å². The molecule has 1 aliphatic heterocycles. The van der Waals surface area contributed by atoms with Gasteiger partial charge < -0.3 is 26.5 Å². The molecule has 1 fully saturated rings. The highest BCUT2D eigenvalue weighted by Gasteiger charge is 2.23. The molecule has 41 heavy (non-hydrogen) atoms. The predicted octanol–water partition coefficient (Wildman–Crippen LogP) is 4.59. The van der Waals surface area contributed by atoms with E-state index in [-0.39, 0.29) is 29.0 Å². The van der Waals surface area contributed by atoms with Crippen molar-refractivity contribution < 1.29 is 9.13 Å². The van der Waals surface area contributed by atoms with E-state index in [0.717, 1.165) is 36.8 Å². The van der Waals surface area contributed by atoms with E-state index in [2.05, 4.69) is 15.3 Å². The van der Waals surface area contributed by atoms with E-state index in [0.29, 0.717) is 47.6 Å². The lowest BCUT2D eigenvalue weighted by Crippen LogP contribution is -2.44. The molecule has 5 rings (SSSR count). The lowest BCUT2D eigenvalue weighted by atomic mass is 10.0. The summed E-state index contributed by atoms with van der Waals surface area (Å²) in [6, 6.07) is 13.1. The molecular weight excluding hydrogens is 545 g/mol. The third kappa shape index (κ3) is 6.84. The van der Waals surface area contributed by atoms with Crippen LogP contribution in [0.3, 0.4) is 0 Å². The van der Waals surface area contributed by atoms with Gasteiger partial charge in [-0.05, 0) is 74.1 Å². The zero-order chi connectivity index (χ0) is 29.1. The molecular formula is C30H35ClFN7O2. The maximum Gasteiger partial charge on any atom is 0.354 e. The molecule has 1 aliphatic rings. The van der Waals surface area contributed by atoms with Crippen molar-refractivity contribution in [3.63, 3.8) is 0 Å². The number of hydrogen-bond acceptors (Lipinski definition) is 6. The minimum absolute atomic E-state index is 0.00416. The molecule has 11 heteroatoms. The minimum atomic E-state index is -0.524. The summed E-state index contributed by atoms with van der Waals surface area (Å²) in [5.41, 5.74) is 14.7. The van der Waals surface area contributed by atoms with Crippen LogP contribution in [-0.4, -0.2) is 45.7 Å². The first-order valence-electron chi connectivity index (χ1n) is 13.8. The Morgan fingerprint density at radius 1 is 1.27 bits per heavy atom. The summed E-state index contributed by atoms with van der Waals surface area (Å²) in [6.45, 7) is 3.07. The molecule has 9 nitrogen and oxygen atoms in total. The van der Waals surface area contributed by atoms with Crippen LogP contribution in [0, 0.1) is 11.2 Å². The largest absolute Gasteiger partial charge is 0.388 e. The Bertz CT molecular complexity index is 1600. The van der Waals surface area contributed by atoms with E-state index >= 15 is 4.39 Å². The van der Waals surface area contributed by atoms with E-state index in [1.165, 1.54) is 4.57 Å². The van der Waals surface area contributed by atoms with Gasteiger partial charge in [0.15, 0.2) is 5.82 Å². The second-order valence-corrected chi connectivity index (χ2v) is 11.2. The summed E-state index contributed by atoms with van der Waals surface area (Å²) in [6.07, 6.45) is 5.42. The smallest absolute Gasteiger partial charge is 0.354 e. The van der Waals surface area contributed by atoms with Crippen molar-refractivity contribution in [2.24, 2.45) is 11.5 Å². The third-order valence-corrected chi connectivity index (χ3v) is 7.66. The van der Waals surface area contributed by atoms with Crippen LogP contribution in [0.2, 0.25) is 5.02 Å². The molecule has 2 aromatic heterocycles. The molecule has 0 bridgehead atoms. The van der Waals surface area contributed by atoms with Crippen LogP contribution in [0.15, 0.2) is 53.5 Å². The fraction of sp³-hybridized carbons (Fsp3) is 0.367. The van der Waals surface area contributed by atoms with E-state index < -0.39 is 11.5 Å². The van der Waals surface area contributed by atoms with Gasteiger partial charge in [0.2, 0.25) is 0 Å². The molecule has 216 valence electrons. The standard InChI is InChI=1S/C30H35ClFN7O2/c1-17(33)3-2-4-18-11-23(28(32)24(31)12-18)25-13-20-14-39(30(40)38-29(20)37-25)22-8-5-19(6-9-22)26-16-41-15-21(36-26)7-10-27(34)35/h5-6,8-9,11-14,17,21,26,36H,2-4,7,10,15-16,33H2,1H3,(H3,34,35)(H,37,38,40)/t17-,21+,26-/m0/s1. The van der Waals surface area contributed by atoms with E-state index in [1.54, 1.807) is 24.4 Å². The number of rotatable bonds is 10. The minimum Gasteiger partial charge on any atom is -0.388 e. The molecule has 3 atom stereocenters. The van der Waals surface area contributed by atoms with Gasteiger partial charge in [-0.25, -0.2) is 9.18 Å². The highest BCUT2D eigenvalue weighted by Crippen LogP contribution is 2.31. The van der Waals surface area contributed by atoms with Crippen LogP contribution >= 0.6 is 11.6 Å². The van der Waals surface area contributed by atoms with E-state index in [9.17, 15) is 4.79 Å². The number of benzene rings is 2. The van der Waals surface area contributed by atoms with Crippen LogP contribution in [0.1, 0.15) is 49.8 Å². The van der Waals surface area contributed by atoms with Gasteiger partial charge in [0.1, 0.15) is 5.65 Å². The number of nitrogens with one attached hydrogen (secondary N) is 3. The van der Waals surface area contributed by atoms with Crippen molar-refractivity contribution >= 4 is 28.5 Å². The van der Waals surface area contributed by atoms with Crippen LogP contribution in [0.25, 0.3) is 28.0 Å². The quantitative estimate of drug-likeness (QED) is 0.137. The molecule has 3 heterocycles. The number of nitrogens with zero attached hydrogens (tertiary/aromatic N) is 2. The number of halogens is 2. The number of hydrogen-bond donors (Lipinski definition) is 5. The maximum atomic E-state index is 15.1. The Labute approximate surface area is 242 Å². The molecule has 2 aromatic carbocycles. The lowest BCUT2D eigenvalue weighted by molar-refractivity contribution is 0.0432. The average molecular weight is 580 g/mol. The van der Waals surface area contributed by atoms with Gasteiger partial charge >= 0.3 is 5.69 Å². The van der Waals surface area contributed by atoms with Crippen LogP contribution in [0.5, 0.6) is 0 Å². The molecule has 0 spiro atoms. The predicted molar refractivity (Wildman–Crippen MR) is 160 cm³/mol. The van der Waals surface area contributed by atoms with Gasteiger partial charge in [-0.3, -0.25) is 9.98 Å². The monoisotopic (exact) mass is 579 g/mol. The highest BCUT2D eigenvalue weighted by molar-refractivity contribution is 6.31. The molecule has 7 N–H and O–H groups in total. The normalized spacial score (nSPS) is 18.0. The fourth-order valence-electron chi connectivity index (χ4n) is 5.20. The molecule has 4 aromatic rings. The zero-order valence-corrected chi connectivity index (χ0v) is 23.7. The summed E-state index contributed by atoms with van der Waals surface area (Å²) in [5, 5.41) is 11.7. The highest BCUT2D eigenvalue weighted by atomic mass is 35.5. The summed E-state index contributed by atoms with van der Waals surface area (Å²) in [4.78, 5) is 20.3. The number of ether oxygens (including phenoxy) is 1. The summed E-state index contributed by atoms with van der Waals surface area (Å²) >= 11 is 6.24. The average Bonchev–Trinajstić information content (AvgIpc) is 3.36. The first kappa shape index (κ1) is 28.9. The maximum absolute atomic E-state index is 15.1. The van der Waals surface area contributed by atoms with E-state index in [1.807, 2.05) is 31.2 Å². The molecule has 1 saturated heterocycles. The van der Waals surface area contributed by atoms with Crippen molar-refractivity contribution in [1.82, 2.24) is 19.9 Å². The second kappa shape index (κ2) is 12.5. The summed E-state index contributed by atoms with van der Waals surface area (Å²) in [5.74, 6) is -0.358.